The van der Waals surface area contributed by atoms with Crippen LogP contribution in [0.5, 0.6) is 0 Å². The number of oxime groups is 1. The van der Waals surface area contributed by atoms with E-state index >= 15 is 0 Å². The highest BCUT2D eigenvalue weighted by Gasteiger charge is 2.34. The van der Waals surface area contributed by atoms with Crippen LogP contribution in [0, 0.1) is 0 Å². The molecule has 0 aliphatic carbocycles. The van der Waals surface area contributed by atoms with Crippen molar-refractivity contribution in [2.75, 3.05) is 23.3 Å². The van der Waals surface area contributed by atoms with Gasteiger partial charge in [0.25, 0.3) is 5.91 Å². The standard InChI is InChI=1S/C21H24F3N5O2/c1-14(20(30)27-17-8-4-3-7-16(17)21(22,23)24)31-28-19(25)15-9-10-26-18(13-15)29-11-5-2-6-12-29/h3-4,7-10,13-14H,2,5-6,11-12H2,1H3,(H2,25,28)(H,27,30). The number of nitrogens with zero attached hydrogens (tertiary/aromatic N) is 3. The zero-order valence-corrected chi connectivity index (χ0v) is 17.0. The van der Waals surface area contributed by atoms with Crippen molar-refractivity contribution in [3.63, 3.8) is 0 Å². The smallest absolute Gasteiger partial charge is 0.381 e. The molecule has 0 saturated carbocycles. The lowest BCUT2D eigenvalue weighted by atomic mass is 10.1. The maximum atomic E-state index is 13.1. The third kappa shape index (κ3) is 5.87. The Hall–Kier alpha value is -3.30. The molecule has 1 aromatic carbocycles. The molecular weight excluding hydrogens is 411 g/mol. The highest BCUT2D eigenvalue weighted by atomic mass is 19.4. The van der Waals surface area contributed by atoms with Gasteiger partial charge in [0, 0.05) is 24.8 Å². The maximum absolute atomic E-state index is 13.1. The number of aromatic nitrogens is 1. The van der Waals surface area contributed by atoms with Crippen LogP contribution in [0.3, 0.4) is 0 Å². The van der Waals surface area contributed by atoms with E-state index in [0.717, 1.165) is 37.8 Å². The minimum Gasteiger partial charge on any atom is -0.381 e. The number of piperidine rings is 1. The van der Waals surface area contributed by atoms with Crippen molar-refractivity contribution in [2.45, 2.75) is 38.5 Å². The topological polar surface area (TPSA) is 92.8 Å². The molecule has 0 radical (unpaired) electrons. The average Bonchev–Trinajstić information content (AvgIpc) is 2.77. The van der Waals surface area contributed by atoms with Gasteiger partial charge in [-0.25, -0.2) is 4.98 Å². The summed E-state index contributed by atoms with van der Waals surface area (Å²) in [5, 5.41) is 6.00. The van der Waals surface area contributed by atoms with Crippen LogP contribution in [0.2, 0.25) is 0 Å². The van der Waals surface area contributed by atoms with Crippen molar-refractivity contribution in [3.05, 3.63) is 53.7 Å². The van der Waals surface area contributed by atoms with E-state index in [2.05, 4.69) is 20.4 Å². The third-order valence-corrected chi connectivity index (χ3v) is 4.89. The summed E-state index contributed by atoms with van der Waals surface area (Å²) in [5.74, 6) is 0.0397. The van der Waals surface area contributed by atoms with E-state index in [1.54, 1.807) is 18.3 Å². The molecule has 2 aromatic rings. The number of pyridine rings is 1. The Morgan fingerprint density at radius 2 is 1.94 bits per heavy atom. The van der Waals surface area contributed by atoms with Gasteiger partial charge in [0.05, 0.1) is 11.3 Å². The Balaban J connectivity index is 1.64. The quantitative estimate of drug-likeness (QED) is 0.410. The normalized spacial score (nSPS) is 16.0. The molecule has 2 heterocycles. The molecule has 1 atom stereocenters. The molecule has 0 bridgehead atoms. The first-order valence-corrected chi connectivity index (χ1v) is 9.93. The number of anilines is 2. The van der Waals surface area contributed by atoms with Gasteiger partial charge in [-0.1, -0.05) is 17.3 Å². The zero-order chi connectivity index (χ0) is 22.4. The molecule has 1 unspecified atom stereocenters. The number of halogens is 3. The molecule has 3 rings (SSSR count). The van der Waals surface area contributed by atoms with Gasteiger partial charge in [0.1, 0.15) is 5.82 Å². The number of alkyl halides is 3. The van der Waals surface area contributed by atoms with Gasteiger partial charge in [-0.3, -0.25) is 4.79 Å². The van der Waals surface area contributed by atoms with Gasteiger partial charge in [-0.2, -0.15) is 13.2 Å². The molecule has 166 valence electrons. The SMILES string of the molecule is CC(O/N=C(/N)c1ccnc(N2CCCCC2)c1)C(=O)Nc1ccccc1C(F)(F)F. The summed E-state index contributed by atoms with van der Waals surface area (Å²) in [6, 6.07) is 8.16. The number of para-hydroxylation sites is 1. The van der Waals surface area contributed by atoms with Crippen molar-refractivity contribution in [1.29, 1.82) is 0 Å². The summed E-state index contributed by atoms with van der Waals surface area (Å²) in [4.78, 5) is 23.9. The van der Waals surface area contributed by atoms with Crippen LogP contribution >= 0.6 is 0 Å². The largest absolute Gasteiger partial charge is 0.418 e. The van der Waals surface area contributed by atoms with Gasteiger partial charge >= 0.3 is 6.18 Å². The number of carbonyl (C=O) groups excluding carboxylic acids is 1. The van der Waals surface area contributed by atoms with E-state index in [0.29, 0.717) is 5.56 Å². The number of carbonyl (C=O) groups is 1. The first kappa shape index (κ1) is 22.4. The predicted molar refractivity (Wildman–Crippen MR) is 112 cm³/mol. The van der Waals surface area contributed by atoms with E-state index in [4.69, 9.17) is 10.6 Å². The van der Waals surface area contributed by atoms with E-state index in [9.17, 15) is 18.0 Å². The molecule has 0 spiro atoms. The fraction of sp³-hybridized carbons (Fsp3) is 0.381. The zero-order valence-electron chi connectivity index (χ0n) is 17.0. The monoisotopic (exact) mass is 435 g/mol. The van der Waals surface area contributed by atoms with Crippen LogP contribution in [-0.2, 0) is 15.8 Å². The second kappa shape index (κ2) is 9.67. The first-order chi connectivity index (χ1) is 14.8. The summed E-state index contributed by atoms with van der Waals surface area (Å²) in [6.45, 7) is 3.20. The molecule has 10 heteroatoms. The van der Waals surface area contributed by atoms with Crippen LogP contribution in [0.15, 0.2) is 47.8 Å². The molecule has 1 amide bonds. The number of hydrogen-bond donors (Lipinski definition) is 2. The molecule has 1 aliphatic rings. The molecule has 31 heavy (non-hydrogen) atoms. The summed E-state index contributed by atoms with van der Waals surface area (Å²) in [7, 11) is 0. The second-order valence-corrected chi connectivity index (χ2v) is 7.21. The molecule has 1 aromatic heterocycles. The summed E-state index contributed by atoms with van der Waals surface area (Å²) < 4.78 is 39.2. The highest BCUT2D eigenvalue weighted by Crippen LogP contribution is 2.34. The fourth-order valence-corrected chi connectivity index (χ4v) is 3.18. The van der Waals surface area contributed by atoms with Crippen molar-refractivity contribution in [2.24, 2.45) is 10.9 Å². The Labute approximate surface area is 178 Å². The van der Waals surface area contributed by atoms with Crippen LogP contribution < -0.4 is 16.0 Å². The lowest BCUT2D eigenvalue weighted by Crippen LogP contribution is -2.30. The lowest BCUT2D eigenvalue weighted by Gasteiger charge is -2.27. The first-order valence-electron chi connectivity index (χ1n) is 9.93. The van der Waals surface area contributed by atoms with Gasteiger partial charge in [0.2, 0.25) is 6.10 Å². The van der Waals surface area contributed by atoms with E-state index in [1.807, 2.05) is 0 Å². The molecular formula is C21H24F3N5O2. The second-order valence-electron chi connectivity index (χ2n) is 7.21. The van der Waals surface area contributed by atoms with Crippen molar-refractivity contribution in [1.82, 2.24) is 4.98 Å². The van der Waals surface area contributed by atoms with Crippen molar-refractivity contribution >= 4 is 23.2 Å². The summed E-state index contributed by atoms with van der Waals surface area (Å²) in [5.41, 5.74) is 5.25. The number of hydrogen-bond acceptors (Lipinski definition) is 5. The molecule has 3 N–H and O–H groups in total. The molecule has 7 nitrogen and oxygen atoms in total. The van der Waals surface area contributed by atoms with E-state index in [-0.39, 0.29) is 11.5 Å². The average molecular weight is 435 g/mol. The molecule has 1 saturated heterocycles. The summed E-state index contributed by atoms with van der Waals surface area (Å²) in [6.07, 6.45) is -0.745. The van der Waals surface area contributed by atoms with Gasteiger partial charge in [-0.15, -0.1) is 0 Å². The van der Waals surface area contributed by atoms with Crippen molar-refractivity contribution in [3.8, 4) is 0 Å². The Kier molecular flexibility index (Phi) is 6.98. The van der Waals surface area contributed by atoms with Crippen molar-refractivity contribution < 1.29 is 22.8 Å². The Morgan fingerprint density at radius 3 is 2.65 bits per heavy atom. The minimum atomic E-state index is -4.59. The molecule has 1 fully saturated rings. The van der Waals surface area contributed by atoms with Crippen LogP contribution in [0.25, 0.3) is 0 Å². The Morgan fingerprint density at radius 1 is 1.23 bits per heavy atom. The van der Waals surface area contributed by atoms with Crippen LogP contribution in [-0.4, -0.2) is 35.9 Å². The van der Waals surface area contributed by atoms with Gasteiger partial charge in [-0.05, 0) is 50.5 Å². The van der Waals surface area contributed by atoms with E-state index in [1.165, 1.54) is 31.5 Å². The summed E-state index contributed by atoms with van der Waals surface area (Å²) >= 11 is 0. The molecule has 1 aliphatic heterocycles. The predicted octanol–water partition coefficient (Wildman–Crippen LogP) is 3.75. The number of amidine groups is 1. The number of benzene rings is 1. The lowest BCUT2D eigenvalue weighted by molar-refractivity contribution is -0.137. The number of nitrogens with one attached hydrogen (secondary N) is 1. The van der Waals surface area contributed by atoms with Crippen LogP contribution in [0.1, 0.15) is 37.3 Å². The van der Waals surface area contributed by atoms with Crippen LogP contribution in [0.4, 0.5) is 24.7 Å². The van der Waals surface area contributed by atoms with Gasteiger partial charge < -0.3 is 20.8 Å². The fourth-order valence-electron chi connectivity index (χ4n) is 3.18. The third-order valence-electron chi connectivity index (χ3n) is 4.89. The minimum absolute atomic E-state index is 0.0380. The number of rotatable bonds is 6. The van der Waals surface area contributed by atoms with Gasteiger partial charge in [0.15, 0.2) is 5.84 Å². The Bertz CT molecular complexity index is 943. The van der Waals surface area contributed by atoms with E-state index < -0.39 is 23.8 Å². The maximum Gasteiger partial charge on any atom is 0.418 e. The number of nitrogens with two attached hydrogens (primary N) is 1. The highest BCUT2D eigenvalue weighted by molar-refractivity contribution is 5.98. The number of amides is 1.